The van der Waals surface area contributed by atoms with E-state index >= 15 is 0 Å². The van der Waals surface area contributed by atoms with Gasteiger partial charge in [0.15, 0.2) is 0 Å². The lowest BCUT2D eigenvalue weighted by molar-refractivity contribution is -0.131. The Morgan fingerprint density at radius 1 is 1.03 bits per heavy atom. The number of nitrogens with two attached hydrogens (primary N) is 1. The Morgan fingerprint density at radius 2 is 1.80 bits per heavy atom. The van der Waals surface area contributed by atoms with Crippen molar-refractivity contribution in [1.82, 2.24) is 9.80 Å². The highest BCUT2D eigenvalue weighted by molar-refractivity contribution is 7.17. The van der Waals surface area contributed by atoms with E-state index in [4.69, 9.17) is 10.5 Å². The van der Waals surface area contributed by atoms with E-state index in [1.54, 1.807) is 7.11 Å². The summed E-state index contributed by atoms with van der Waals surface area (Å²) in [5.74, 6) is 0.326. The van der Waals surface area contributed by atoms with Gasteiger partial charge in [-0.2, -0.15) is 0 Å². The Hall–Kier alpha value is -2.91. The normalized spacial score (nSPS) is 16.3. The minimum atomic E-state index is -0.474. The molecule has 0 bridgehead atoms. The number of anilines is 1. The first kappa shape index (κ1) is 25.2. The van der Waals surface area contributed by atoms with Gasteiger partial charge in [0.2, 0.25) is 11.8 Å². The van der Waals surface area contributed by atoms with Gasteiger partial charge >= 0.3 is 0 Å². The minimum absolute atomic E-state index is 0.141. The van der Waals surface area contributed by atoms with Crippen molar-refractivity contribution in [2.24, 2.45) is 5.73 Å². The van der Waals surface area contributed by atoms with Gasteiger partial charge in [-0.25, -0.2) is 0 Å². The molecular formula is C26H34N4O4S. The van der Waals surface area contributed by atoms with Gasteiger partial charge in [-0.3, -0.25) is 19.3 Å². The monoisotopic (exact) mass is 498 g/mol. The van der Waals surface area contributed by atoms with Gasteiger partial charge in [0, 0.05) is 37.5 Å². The molecule has 8 nitrogen and oxygen atoms in total. The van der Waals surface area contributed by atoms with Crippen LogP contribution in [-0.4, -0.2) is 67.4 Å². The molecule has 0 spiro atoms. The van der Waals surface area contributed by atoms with Crippen LogP contribution in [0.25, 0.3) is 0 Å². The van der Waals surface area contributed by atoms with Crippen LogP contribution in [0.5, 0.6) is 5.75 Å². The van der Waals surface area contributed by atoms with Crippen LogP contribution in [0.4, 0.5) is 5.00 Å². The highest BCUT2D eigenvalue weighted by Crippen LogP contribution is 2.37. The molecule has 1 saturated heterocycles. The van der Waals surface area contributed by atoms with Crippen LogP contribution in [0, 0.1) is 0 Å². The molecule has 0 saturated carbocycles. The number of hydrogen-bond donors (Lipinski definition) is 2. The summed E-state index contributed by atoms with van der Waals surface area (Å²) < 4.78 is 5.18. The lowest BCUT2D eigenvalue weighted by Gasteiger charge is -2.22. The third-order valence-corrected chi connectivity index (χ3v) is 7.97. The summed E-state index contributed by atoms with van der Waals surface area (Å²) in [7, 11) is 1.64. The van der Waals surface area contributed by atoms with E-state index in [9.17, 15) is 14.4 Å². The molecule has 2 heterocycles. The number of methoxy groups -OCH3 is 1. The van der Waals surface area contributed by atoms with Crippen molar-refractivity contribution in [3.8, 4) is 5.75 Å². The second kappa shape index (κ2) is 11.7. The Balaban J connectivity index is 1.27. The number of carbonyl (C=O) groups excluding carboxylic acids is 3. The van der Waals surface area contributed by atoms with Crippen molar-refractivity contribution < 1.29 is 19.1 Å². The summed E-state index contributed by atoms with van der Waals surface area (Å²) in [6.07, 6.45) is 5.90. The summed E-state index contributed by atoms with van der Waals surface area (Å²) in [6.45, 7) is 2.93. The van der Waals surface area contributed by atoms with Crippen LogP contribution < -0.4 is 15.8 Å². The quantitative estimate of drug-likeness (QED) is 0.582. The van der Waals surface area contributed by atoms with Gasteiger partial charge in [0.1, 0.15) is 10.8 Å². The fourth-order valence-corrected chi connectivity index (χ4v) is 6.17. The van der Waals surface area contributed by atoms with Crippen LogP contribution in [0.1, 0.15) is 52.0 Å². The Bertz CT molecular complexity index is 1070. The maximum absolute atomic E-state index is 12.8. The van der Waals surface area contributed by atoms with E-state index in [0.29, 0.717) is 43.0 Å². The Labute approximate surface area is 210 Å². The van der Waals surface area contributed by atoms with Crippen LogP contribution in [0.3, 0.4) is 0 Å². The Morgan fingerprint density at radius 3 is 2.54 bits per heavy atom. The van der Waals surface area contributed by atoms with E-state index < -0.39 is 5.91 Å². The molecule has 1 aliphatic carbocycles. The lowest BCUT2D eigenvalue weighted by atomic mass is 9.95. The molecule has 188 valence electrons. The fourth-order valence-electron chi connectivity index (χ4n) is 4.86. The molecule has 4 rings (SSSR count). The van der Waals surface area contributed by atoms with Crippen molar-refractivity contribution in [1.29, 1.82) is 0 Å². The molecule has 35 heavy (non-hydrogen) atoms. The van der Waals surface area contributed by atoms with Gasteiger partial charge in [0.25, 0.3) is 5.91 Å². The predicted molar refractivity (Wildman–Crippen MR) is 137 cm³/mol. The largest absolute Gasteiger partial charge is 0.497 e. The van der Waals surface area contributed by atoms with E-state index in [1.807, 2.05) is 29.2 Å². The smallest absolute Gasteiger partial charge is 0.251 e. The number of nitrogens with one attached hydrogen (secondary N) is 1. The standard InChI is InChI=1S/C26H34N4O4S/c1-34-19-10-7-18(8-11-19)9-12-23(32)30-14-4-13-29(15-16-30)17-22(31)28-26-24(25(27)33)20-5-2-3-6-21(20)35-26/h7-8,10-11H,2-6,9,12-17H2,1H3,(H2,27,33)(H,28,31). The van der Waals surface area contributed by atoms with Crippen molar-refractivity contribution >= 4 is 34.1 Å². The van der Waals surface area contributed by atoms with E-state index in [1.165, 1.54) is 16.2 Å². The summed E-state index contributed by atoms with van der Waals surface area (Å²) in [5, 5.41) is 3.53. The van der Waals surface area contributed by atoms with Gasteiger partial charge in [0.05, 0.1) is 19.2 Å². The average Bonchev–Trinajstić information content (AvgIpc) is 3.05. The first-order valence-electron chi connectivity index (χ1n) is 12.3. The lowest BCUT2D eigenvalue weighted by Crippen LogP contribution is -2.38. The van der Waals surface area contributed by atoms with Crippen molar-refractivity contribution in [2.75, 3.05) is 45.2 Å². The van der Waals surface area contributed by atoms with Gasteiger partial charge in [-0.1, -0.05) is 12.1 Å². The fraction of sp³-hybridized carbons (Fsp3) is 0.500. The third-order valence-electron chi connectivity index (χ3n) is 6.77. The van der Waals surface area contributed by atoms with Crippen LogP contribution >= 0.6 is 11.3 Å². The van der Waals surface area contributed by atoms with Gasteiger partial charge in [-0.15, -0.1) is 11.3 Å². The van der Waals surface area contributed by atoms with E-state index in [0.717, 1.165) is 55.5 Å². The van der Waals surface area contributed by atoms with Gasteiger partial charge < -0.3 is 20.7 Å². The second-order valence-electron chi connectivity index (χ2n) is 9.19. The molecule has 1 aliphatic heterocycles. The third kappa shape index (κ3) is 6.41. The number of ether oxygens (including phenoxy) is 1. The maximum Gasteiger partial charge on any atom is 0.251 e. The van der Waals surface area contributed by atoms with Gasteiger partial charge in [-0.05, 0) is 61.8 Å². The number of benzene rings is 1. The maximum atomic E-state index is 12.8. The molecule has 1 aromatic carbocycles. The van der Waals surface area contributed by atoms with Crippen molar-refractivity contribution in [3.05, 3.63) is 45.8 Å². The summed E-state index contributed by atoms with van der Waals surface area (Å²) in [4.78, 5) is 42.8. The highest BCUT2D eigenvalue weighted by atomic mass is 32.1. The number of rotatable bonds is 8. The number of nitrogens with zero attached hydrogens (tertiary/aromatic N) is 2. The molecule has 3 amide bonds. The molecule has 9 heteroatoms. The molecule has 0 unspecified atom stereocenters. The molecule has 0 radical (unpaired) electrons. The molecular weight excluding hydrogens is 464 g/mol. The number of amides is 3. The zero-order chi connectivity index (χ0) is 24.8. The van der Waals surface area contributed by atoms with E-state index in [2.05, 4.69) is 10.2 Å². The predicted octanol–water partition coefficient (Wildman–Crippen LogP) is 2.84. The molecule has 0 atom stereocenters. The second-order valence-corrected chi connectivity index (χ2v) is 10.3. The highest BCUT2D eigenvalue weighted by Gasteiger charge is 2.26. The minimum Gasteiger partial charge on any atom is -0.497 e. The SMILES string of the molecule is COc1ccc(CCC(=O)N2CCCN(CC(=O)Nc3sc4c(c3C(N)=O)CCCC4)CC2)cc1. The van der Waals surface area contributed by atoms with Crippen LogP contribution in [-0.2, 0) is 28.9 Å². The average molecular weight is 499 g/mol. The number of hydrogen-bond acceptors (Lipinski definition) is 6. The summed E-state index contributed by atoms with van der Waals surface area (Å²) >= 11 is 1.48. The van der Waals surface area contributed by atoms with Crippen molar-refractivity contribution in [2.45, 2.75) is 44.9 Å². The number of fused-ring (bicyclic) bond motifs is 1. The number of thiophene rings is 1. The zero-order valence-corrected chi connectivity index (χ0v) is 21.1. The number of primary amides is 1. The zero-order valence-electron chi connectivity index (χ0n) is 20.3. The number of carbonyl (C=O) groups is 3. The first-order chi connectivity index (χ1) is 16.9. The number of aryl methyl sites for hydroxylation is 2. The molecule has 1 fully saturated rings. The van der Waals surface area contributed by atoms with Crippen molar-refractivity contribution in [3.63, 3.8) is 0 Å². The molecule has 1 aromatic heterocycles. The van der Waals surface area contributed by atoms with Crippen LogP contribution in [0.2, 0.25) is 0 Å². The molecule has 3 N–H and O–H groups in total. The summed E-state index contributed by atoms with van der Waals surface area (Å²) in [6, 6.07) is 7.80. The molecule has 2 aromatic rings. The summed E-state index contributed by atoms with van der Waals surface area (Å²) in [5.41, 5.74) is 8.26. The van der Waals surface area contributed by atoms with E-state index in [-0.39, 0.29) is 18.4 Å². The topological polar surface area (TPSA) is 105 Å². The van der Waals surface area contributed by atoms with Crippen LogP contribution in [0.15, 0.2) is 24.3 Å². The Kier molecular flexibility index (Phi) is 8.41. The molecule has 2 aliphatic rings. The first-order valence-corrected chi connectivity index (χ1v) is 13.1.